The summed E-state index contributed by atoms with van der Waals surface area (Å²) in [6, 6.07) is 14.1. The number of aromatic nitrogens is 2. The van der Waals surface area contributed by atoms with Crippen molar-refractivity contribution in [2.75, 3.05) is 13.7 Å². The van der Waals surface area contributed by atoms with Crippen molar-refractivity contribution in [3.63, 3.8) is 0 Å². The molecule has 6 heteroatoms. The van der Waals surface area contributed by atoms with Crippen molar-refractivity contribution >= 4 is 11.9 Å². The summed E-state index contributed by atoms with van der Waals surface area (Å²) in [7, 11) is 3.26. The Morgan fingerprint density at radius 3 is 2.53 bits per heavy atom. The van der Waals surface area contributed by atoms with Gasteiger partial charge in [0.2, 0.25) is 0 Å². The van der Waals surface area contributed by atoms with E-state index in [2.05, 4.69) is 16.7 Å². The third-order valence-corrected chi connectivity index (χ3v) is 6.10. The maximum absolute atomic E-state index is 13.3. The van der Waals surface area contributed by atoms with Crippen LogP contribution >= 0.6 is 0 Å². The molecule has 6 nitrogen and oxygen atoms in total. The first-order chi connectivity index (χ1) is 14.4. The summed E-state index contributed by atoms with van der Waals surface area (Å²) in [6.45, 7) is 5.93. The minimum absolute atomic E-state index is 0.0385. The van der Waals surface area contributed by atoms with Crippen molar-refractivity contribution in [3.8, 4) is 0 Å². The van der Waals surface area contributed by atoms with Crippen LogP contribution < -0.4 is 0 Å². The second kappa shape index (κ2) is 7.86. The van der Waals surface area contributed by atoms with Crippen LogP contribution in [0.3, 0.4) is 0 Å². The molecule has 1 aliphatic rings. The van der Waals surface area contributed by atoms with Crippen LogP contribution in [0.2, 0.25) is 0 Å². The molecule has 0 saturated carbocycles. The lowest BCUT2D eigenvalue weighted by Crippen LogP contribution is -2.36. The monoisotopic (exact) mass is 405 g/mol. The molecule has 1 aliphatic heterocycles. The van der Waals surface area contributed by atoms with Crippen molar-refractivity contribution in [2.24, 2.45) is 7.05 Å². The molecule has 4 rings (SSSR count). The van der Waals surface area contributed by atoms with Gasteiger partial charge in [0.15, 0.2) is 0 Å². The lowest BCUT2D eigenvalue weighted by atomic mass is 10.1. The first-order valence-corrected chi connectivity index (χ1v) is 10.2. The number of aryl methyl sites for hydroxylation is 1. The van der Waals surface area contributed by atoms with Crippen LogP contribution in [0, 0.1) is 13.8 Å². The summed E-state index contributed by atoms with van der Waals surface area (Å²) in [6.07, 6.45) is 0.720. The van der Waals surface area contributed by atoms with Gasteiger partial charge in [-0.3, -0.25) is 4.79 Å². The van der Waals surface area contributed by atoms with E-state index in [1.54, 1.807) is 0 Å². The van der Waals surface area contributed by atoms with Crippen LogP contribution in [0.5, 0.6) is 0 Å². The van der Waals surface area contributed by atoms with Gasteiger partial charge in [0.1, 0.15) is 5.69 Å². The van der Waals surface area contributed by atoms with Crippen LogP contribution in [0.15, 0.2) is 42.5 Å². The van der Waals surface area contributed by atoms with Gasteiger partial charge >= 0.3 is 5.97 Å². The molecule has 0 bridgehead atoms. The minimum Gasteiger partial charge on any atom is -0.464 e. The SMILES string of the molecule is COC(=O)c1cc2c(n1C)CCN(C(=O)c1cc(C)n(Cc3ccccc3)c1C)C2. The Bertz CT molecular complexity index is 1110. The van der Waals surface area contributed by atoms with E-state index in [0.717, 1.165) is 41.2 Å². The topological polar surface area (TPSA) is 56.5 Å². The number of benzene rings is 1. The maximum Gasteiger partial charge on any atom is 0.354 e. The second-order valence-corrected chi connectivity index (χ2v) is 7.89. The van der Waals surface area contributed by atoms with Gasteiger partial charge in [0.25, 0.3) is 5.91 Å². The molecule has 1 aromatic carbocycles. The molecular weight excluding hydrogens is 378 g/mol. The first-order valence-electron chi connectivity index (χ1n) is 10.2. The third-order valence-electron chi connectivity index (χ3n) is 6.10. The number of fused-ring (bicyclic) bond motifs is 1. The van der Waals surface area contributed by atoms with Crippen LogP contribution in [-0.4, -0.2) is 39.6 Å². The zero-order valence-electron chi connectivity index (χ0n) is 17.9. The quantitative estimate of drug-likeness (QED) is 0.625. The molecule has 2 aromatic heterocycles. The fourth-order valence-corrected chi connectivity index (χ4v) is 4.37. The summed E-state index contributed by atoms with van der Waals surface area (Å²) in [5, 5.41) is 0. The van der Waals surface area contributed by atoms with Crippen LogP contribution in [0.25, 0.3) is 0 Å². The van der Waals surface area contributed by atoms with Crippen molar-refractivity contribution in [1.29, 1.82) is 0 Å². The molecule has 0 atom stereocenters. The Hall–Kier alpha value is -3.28. The molecule has 0 unspecified atom stereocenters. The molecule has 3 heterocycles. The van der Waals surface area contributed by atoms with Crippen LogP contribution in [-0.2, 0) is 31.3 Å². The number of rotatable bonds is 4. The fourth-order valence-electron chi connectivity index (χ4n) is 4.37. The number of nitrogens with zero attached hydrogens (tertiary/aromatic N) is 3. The molecule has 156 valence electrons. The number of hydrogen-bond donors (Lipinski definition) is 0. The lowest BCUT2D eigenvalue weighted by Gasteiger charge is -2.28. The number of carbonyl (C=O) groups excluding carboxylic acids is 2. The Balaban J connectivity index is 1.58. The van der Waals surface area contributed by atoms with E-state index in [1.165, 1.54) is 12.7 Å². The van der Waals surface area contributed by atoms with Gasteiger partial charge in [-0.25, -0.2) is 4.79 Å². The Labute approximate surface area is 176 Å². The Kier molecular flexibility index (Phi) is 5.24. The predicted molar refractivity (Wildman–Crippen MR) is 115 cm³/mol. The largest absolute Gasteiger partial charge is 0.464 e. The van der Waals surface area contributed by atoms with E-state index in [1.807, 2.05) is 60.7 Å². The van der Waals surface area contributed by atoms with Crippen LogP contribution in [0.4, 0.5) is 0 Å². The molecule has 3 aromatic rings. The highest BCUT2D eigenvalue weighted by Gasteiger charge is 2.28. The summed E-state index contributed by atoms with van der Waals surface area (Å²) < 4.78 is 8.95. The smallest absolute Gasteiger partial charge is 0.354 e. The van der Waals surface area contributed by atoms with Gasteiger partial charge in [-0.2, -0.15) is 0 Å². The van der Waals surface area contributed by atoms with Gasteiger partial charge in [-0.05, 0) is 37.1 Å². The lowest BCUT2D eigenvalue weighted by molar-refractivity contribution is 0.0589. The molecule has 0 fully saturated rings. The van der Waals surface area contributed by atoms with E-state index in [9.17, 15) is 9.59 Å². The van der Waals surface area contributed by atoms with Gasteiger partial charge in [-0.1, -0.05) is 30.3 Å². The summed E-state index contributed by atoms with van der Waals surface area (Å²) >= 11 is 0. The standard InChI is InChI=1S/C24H27N3O3/c1-16-12-20(17(2)27(16)14-18-8-6-5-7-9-18)23(28)26-11-10-21-19(15-26)13-22(25(21)3)24(29)30-4/h5-9,12-13H,10-11,14-15H2,1-4H3. The minimum atomic E-state index is -0.353. The van der Waals surface area contributed by atoms with E-state index < -0.39 is 0 Å². The zero-order chi connectivity index (χ0) is 21.4. The summed E-state index contributed by atoms with van der Waals surface area (Å²) in [4.78, 5) is 27.2. The van der Waals surface area contributed by atoms with E-state index in [4.69, 9.17) is 4.74 Å². The number of carbonyl (C=O) groups is 2. The highest BCUT2D eigenvalue weighted by Crippen LogP contribution is 2.26. The van der Waals surface area contributed by atoms with Gasteiger partial charge in [0.05, 0.1) is 12.7 Å². The highest BCUT2D eigenvalue weighted by atomic mass is 16.5. The average molecular weight is 405 g/mol. The molecule has 1 amide bonds. The predicted octanol–water partition coefficient (Wildman–Crippen LogP) is 3.48. The molecule has 30 heavy (non-hydrogen) atoms. The molecule has 0 aliphatic carbocycles. The number of esters is 1. The van der Waals surface area contributed by atoms with Crippen molar-refractivity contribution < 1.29 is 14.3 Å². The van der Waals surface area contributed by atoms with Crippen LogP contribution in [0.1, 0.15) is 49.1 Å². The number of hydrogen-bond acceptors (Lipinski definition) is 3. The summed E-state index contributed by atoms with van der Waals surface area (Å²) in [5.74, 6) is -0.314. The first kappa shape index (κ1) is 20.0. The second-order valence-electron chi connectivity index (χ2n) is 7.89. The summed E-state index contributed by atoms with van der Waals surface area (Å²) in [5.41, 5.74) is 6.64. The van der Waals surface area contributed by atoms with Crippen molar-refractivity contribution in [2.45, 2.75) is 33.4 Å². The van der Waals surface area contributed by atoms with E-state index >= 15 is 0 Å². The molecular formula is C24H27N3O3. The molecule has 0 spiro atoms. The van der Waals surface area contributed by atoms with E-state index in [0.29, 0.717) is 18.8 Å². The van der Waals surface area contributed by atoms with Crippen molar-refractivity contribution in [3.05, 3.63) is 81.9 Å². The van der Waals surface area contributed by atoms with Gasteiger partial charge < -0.3 is 18.8 Å². The number of methoxy groups -OCH3 is 1. The number of ether oxygens (including phenoxy) is 1. The Morgan fingerprint density at radius 1 is 1.10 bits per heavy atom. The zero-order valence-corrected chi connectivity index (χ0v) is 17.9. The third kappa shape index (κ3) is 3.43. The average Bonchev–Trinajstić information content (AvgIpc) is 3.24. The van der Waals surface area contributed by atoms with Crippen molar-refractivity contribution in [1.82, 2.24) is 14.0 Å². The van der Waals surface area contributed by atoms with Gasteiger partial charge in [0, 0.05) is 50.2 Å². The fraction of sp³-hybridized carbons (Fsp3) is 0.333. The molecule has 0 radical (unpaired) electrons. The van der Waals surface area contributed by atoms with Gasteiger partial charge in [-0.15, -0.1) is 0 Å². The number of amides is 1. The normalized spacial score (nSPS) is 13.3. The highest BCUT2D eigenvalue weighted by molar-refractivity contribution is 5.96. The Morgan fingerprint density at radius 2 is 1.83 bits per heavy atom. The molecule has 0 N–H and O–H groups in total. The molecule has 0 saturated heterocycles. The maximum atomic E-state index is 13.3. The van der Waals surface area contributed by atoms with E-state index in [-0.39, 0.29) is 11.9 Å².